The third-order valence-corrected chi connectivity index (χ3v) is 10.6. The van der Waals surface area contributed by atoms with Gasteiger partial charge in [0, 0.05) is 35.8 Å². The van der Waals surface area contributed by atoms with E-state index in [4.69, 9.17) is 0 Å². The molecule has 3 N–H and O–H groups in total. The molecule has 1 spiro atoms. The van der Waals surface area contributed by atoms with Gasteiger partial charge in [0.2, 0.25) is 17.7 Å². The zero-order valence-corrected chi connectivity index (χ0v) is 20.6. The topological polar surface area (TPSA) is 98.7 Å². The Bertz CT molecular complexity index is 719. The van der Waals surface area contributed by atoms with E-state index >= 15 is 0 Å². The van der Waals surface area contributed by atoms with Crippen LogP contribution < -0.4 is 10.6 Å². The van der Waals surface area contributed by atoms with Crippen molar-refractivity contribution in [3.05, 3.63) is 0 Å². The minimum Gasteiger partial charge on any atom is -0.396 e. The van der Waals surface area contributed by atoms with Crippen LogP contribution in [0, 0.1) is 11.8 Å². The molecule has 4 aliphatic rings. The van der Waals surface area contributed by atoms with Gasteiger partial charge < -0.3 is 20.6 Å². The van der Waals surface area contributed by atoms with Gasteiger partial charge in [-0.05, 0) is 32.1 Å². The highest BCUT2D eigenvalue weighted by Gasteiger charge is 2.75. The highest BCUT2D eigenvalue weighted by atomic mass is 79.9. The maximum atomic E-state index is 13.6. The summed E-state index contributed by atoms with van der Waals surface area (Å²) in [4.78, 5) is 42.1. The summed E-state index contributed by atoms with van der Waals surface area (Å²) in [7, 11) is 0. The van der Waals surface area contributed by atoms with Crippen LogP contribution in [-0.4, -0.2) is 74.3 Å². The number of carbonyl (C=O) groups is 3. The average molecular weight is 517 g/mol. The van der Waals surface area contributed by atoms with Gasteiger partial charge in [0.25, 0.3) is 0 Å². The number of hydrogen-bond donors (Lipinski definition) is 3. The quantitative estimate of drug-likeness (QED) is 0.428. The van der Waals surface area contributed by atoms with Crippen LogP contribution in [0.1, 0.15) is 58.3 Å². The summed E-state index contributed by atoms with van der Waals surface area (Å²) in [6.07, 6.45) is 7.39. The van der Waals surface area contributed by atoms with Gasteiger partial charge in [0.1, 0.15) is 6.04 Å². The van der Waals surface area contributed by atoms with Crippen LogP contribution in [0.25, 0.3) is 0 Å². The number of halogens is 1. The number of hydrogen-bond acceptors (Lipinski definition) is 5. The molecule has 1 saturated carbocycles. The van der Waals surface area contributed by atoms with Gasteiger partial charge in [-0.2, -0.15) is 0 Å². The Hall–Kier alpha value is -0.800. The molecule has 3 aliphatic heterocycles. The minimum atomic E-state index is -0.586. The van der Waals surface area contributed by atoms with Gasteiger partial charge in [-0.15, -0.1) is 11.8 Å². The number of aliphatic hydroxyl groups excluding tert-OH is 1. The van der Waals surface area contributed by atoms with Crippen LogP contribution in [0.3, 0.4) is 0 Å². The van der Waals surface area contributed by atoms with E-state index in [1.165, 1.54) is 6.42 Å². The van der Waals surface area contributed by atoms with Gasteiger partial charge in [-0.25, -0.2) is 0 Å². The normalized spacial score (nSPS) is 37.2. The first-order valence-electron chi connectivity index (χ1n) is 11.8. The molecular weight excluding hydrogens is 482 g/mol. The molecule has 1 aliphatic carbocycles. The molecular formula is C22H34BrN3O4S. The molecule has 9 heteroatoms. The number of likely N-dealkylation sites (tertiary alicyclic amines) is 1. The smallest absolute Gasteiger partial charge is 0.244 e. The summed E-state index contributed by atoms with van der Waals surface area (Å²) in [6, 6.07) is -0.420. The maximum Gasteiger partial charge on any atom is 0.244 e. The third kappa shape index (κ3) is 4.03. The lowest BCUT2D eigenvalue weighted by Crippen LogP contribution is -2.56. The average Bonchev–Trinajstić information content (AvgIpc) is 3.34. The molecule has 0 radical (unpaired) electrons. The second-order valence-corrected chi connectivity index (χ2v) is 12.1. The van der Waals surface area contributed by atoms with E-state index in [-0.39, 0.29) is 40.4 Å². The summed E-state index contributed by atoms with van der Waals surface area (Å²) < 4.78 is -0.585. The monoisotopic (exact) mass is 515 g/mol. The molecule has 0 aromatic carbocycles. The van der Waals surface area contributed by atoms with Crippen molar-refractivity contribution >= 4 is 45.4 Å². The highest BCUT2D eigenvalue weighted by molar-refractivity contribution is 9.09. The van der Waals surface area contributed by atoms with Gasteiger partial charge in [-0.3, -0.25) is 14.4 Å². The second-order valence-electron chi connectivity index (χ2n) is 9.41. The molecule has 174 valence electrons. The number of nitrogens with zero attached hydrogens (tertiary/aromatic N) is 1. The molecule has 31 heavy (non-hydrogen) atoms. The van der Waals surface area contributed by atoms with E-state index in [2.05, 4.69) is 26.6 Å². The van der Waals surface area contributed by atoms with Crippen LogP contribution >= 0.6 is 27.7 Å². The van der Waals surface area contributed by atoms with Crippen molar-refractivity contribution < 1.29 is 19.5 Å². The SMILES string of the molecule is CCCNC(=O)[C@H]1[C@@H]2SC3(CC2Br)C(C(=O)NC2CCCCC2)N(CCCO)C(=O)[C@H]13. The Morgan fingerprint density at radius 2 is 2.00 bits per heavy atom. The molecule has 3 amide bonds. The molecule has 4 rings (SSSR count). The van der Waals surface area contributed by atoms with Crippen molar-refractivity contribution in [1.82, 2.24) is 15.5 Å². The number of amides is 3. The molecule has 3 unspecified atom stereocenters. The Kier molecular flexibility index (Phi) is 7.23. The fraction of sp³-hybridized carbons (Fsp3) is 0.864. The van der Waals surface area contributed by atoms with Crippen LogP contribution in [0.4, 0.5) is 0 Å². The molecule has 7 nitrogen and oxygen atoms in total. The second kappa shape index (κ2) is 9.59. The summed E-state index contributed by atoms with van der Waals surface area (Å²) in [6.45, 7) is 2.91. The lowest BCUT2D eigenvalue weighted by atomic mass is 9.70. The molecule has 3 heterocycles. The predicted octanol–water partition coefficient (Wildman–Crippen LogP) is 1.81. The van der Waals surface area contributed by atoms with E-state index in [9.17, 15) is 19.5 Å². The van der Waals surface area contributed by atoms with Gasteiger partial charge in [-0.1, -0.05) is 42.1 Å². The van der Waals surface area contributed by atoms with E-state index in [0.717, 1.165) is 32.1 Å². The van der Waals surface area contributed by atoms with E-state index < -0.39 is 22.6 Å². The first-order chi connectivity index (χ1) is 14.9. The predicted molar refractivity (Wildman–Crippen MR) is 124 cm³/mol. The number of thioether (sulfide) groups is 1. The molecule has 0 aromatic heterocycles. The lowest BCUT2D eigenvalue weighted by molar-refractivity contribution is -0.140. The van der Waals surface area contributed by atoms with Gasteiger partial charge in [0.05, 0.1) is 16.6 Å². The molecule has 0 aromatic rings. The number of rotatable bonds is 8. The zero-order chi connectivity index (χ0) is 22.2. The highest BCUT2D eigenvalue weighted by Crippen LogP contribution is 2.67. The Labute approximate surface area is 197 Å². The summed E-state index contributed by atoms with van der Waals surface area (Å²) in [5.74, 6) is -1.15. The fourth-order valence-corrected chi connectivity index (χ4v) is 9.72. The zero-order valence-electron chi connectivity index (χ0n) is 18.1. The van der Waals surface area contributed by atoms with Crippen molar-refractivity contribution in [3.8, 4) is 0 Å². The standard InChI is InChI=1S/C22H34BrN3O4S/c1-2-9-24-19(28)15-16-21(30)26(10-6-11-27)18(22(16)12-14(23)17(15)31-22)20(29)25-13-7-4-3-5-8-13/h13-18,27H,2-12H2,1H3,(H,24,28)(H,25,29)/t14?,15-,16+,17-,18?,22?/m1/s1. The first kappa shape index (κ1) is 23.4. The first-order valence-corrected chi connectivity index (χ1v) is 13.6. The van der Waals surface area contributed by atoms with Crippen LogP contribution in [-0.2, 0) is 14.4 Å². The van der Waals surface area contributed by atoms with E-state index in [0.29, 0.717) is 25.9 Å². The summed E-state index contributed by atoms with van der Waals surface area (Å²) in [5, 5.41) is 15.6. The van der Waals surface area contributed by atoms with Crippen molar-refractivity contribution in [2.75, 3.05) is 19.7 Å². The molecule has 6 atom stereocenters. The molecule has 4 fully saturated rings. The van der Waals surface area contributed by atoms with Crippen LogP contribution in [0.15, 0.2) is 0 Å². The third-order valence-electron chi connectivity index (χ3n) is 7.40. The number of carbonyl (C=O) groups excluding carboxylic acids is 3. The fourth-order valence-electron chi connectivity index (χ4n) is 6.10. The Morgan fingerprint density at radius 1 is 1.26 bits per heavy atom. The summed E-state index contributed by atoms with van der Waals surface area (Å²) in [5.41, 5.74) is 0. The maximum absolute atomic E-state index is 13.6. The Balaban J connectivity index is 1.63. The number of aliphatic hydroxyl groups is 1. The molecule has 2 bridgehead atoms. The lowest BCUT2D eigenvalue weighted by Gasteiger charge is -2.36. The van der Waals surface area contributed by atoms with Gasteiger partial charge in [0.15, 0.2) is 0 Å². The largest absolute Gasteiger partial charge is 0.396 e. The van der Waals surface area contributed by atoms with Gasteiger partial charge >= 0.3 is 0 Å². The van der Waals surface area contributed by atoms with Crippen molar-refractivity contribution in [1.29, 1.82) is 0 Å². The van der Waals surface area contributed by atoms with Crippen molar-refractivity contribution in [2.45, 2.75) is 85.2 Å². The van der Waals surface area contributed by atoms with Crippen LogP contribution in [0.2, 0.25) is 0 Å². The number of nitrogens with one attached hydrogen (secondary N) is 2. The van der Waals surface area contributed by atoms with E-state index in [1.54, 1.807) is 16.7 Å². The van der Waals surface area contributed by atoms with Crippen molar-refractivity contribution in [3.63, 3.8) is 0 Å². The number of alkyl halides is 1. The molecule has 3 saturated heterocycles. The van der Waals surface area contributed by atoms with Crippen LogP contribution in [0.5, 0.6) is 0 Å². The summed E-state index contributed by atoms with van der Waals surface area (Å²) >= 11 is 5.44. The minimum absolute atomic E-state index is 0.00391. The van der Waals surface area contributed by atoms with E-state index in [1.807, 2.05) is 6.92 Å². The number of fused-ring (bicyclic) bond motifs is 1. The Morgan fingerprint density at radius 3 is 2.68 bits per heavy atom. The van der Waals surface area contributed by atoms with Crippen molar-refractivity contribution in [2.24, 2.45) is 11.8 Å².